The maximum atomic E-state index is 15.8. The maximum Gasteiger partial charge on any atom is 0.243 e. The molecule has 0 saturated heterocycles. The van der Waals surface area contributed by atoms with E-state index in [1.54, 1.807) is 221 Å². The zero-order chi connectivity index (χ0) is 107. The number of para-hydroxylation sites is 4. The molecule has 41 heteroatoms. The number of hydrogen-bond acceptors (Lipinski definition) is 21. The average molecular weight is 2020 g/mol. The largest absolute Gasteiger partial charge is 0.395 e. The molecule has 0 aliphatic rings. The number of fused-ring (bicyclic) bond motifs is 4. The normalized spacial score (nSPS) is 14.8. The van der Waals surface area contributed by atoms with Crippen molar-refractivity contribution >= 4 is 139 Å². The van der Waals surface area contributed by atoms with Gasteiger partial charge in [0.25, 0.3) is 0 Å². The molecule has 0 fully saturated rings. The third kappa shape index (κ3) is 32.7. The van der Waals surface area contributed by atoms with Gasteiger partial charge in [-0.2, -0.15) is 0 Å². The summed E-state index contributed by atoms with van der Waals surface area (Å²) in [6.07, 6.45) is 6.39. The van der Waals surface area contributed by atoms with Gasteiger partial charge in [0.2, 0.25) is 95.0 Å². The fraction of sp³-hybridized carbons (Fsp3) is 0.538. The van der Waals surface area contributed by atoms with Crippen LogP contribution in [0.15, 0.2) is 122 Å². The van der Waals surface area contributed by atoms with Gasteiger partial charge in [-0.15, -0.1) is 0 Å². The molecule has 0 aliphatic carbocycles. The first-order valence-electron chi connectivity index (χ1n) is 49.8. The van der Waals surface area contributed by atoms with Gasteiger partial charge in [0.1, 0.15) is 112 Å². The van der Waals surface area contributed by atoms with E-state index in [9.17, 15) is 73.5 Å². The van der Waals surface area contributed by atoms with E-state index in [0.717, 1.165) is 0 Å². The highest BCUT2D eigenvalue weighted by Gasteiger charge is 2.41. The van der Waals surface area contributed by atoms with E-state index in [4.69, 9.17) is 0 Å². The molecular weight excluding hydrogens is 1870 g/mol. The summed E-state index contributed by atoms with van der Waals surface area (Å²) in [5, 5.41) is 98.1. The Balaban J connectivity index is 1.05. The zero-order valence-corrected chi connectivity index (χ0v) is 86.2. The van der Waals surface area contributed by atoms with Gasteiger partial charge in [0, 0.05) is 78.6 Å². The summed E-state index contributed by atoms with van der Waals surface area (Å²) in [6.45, 7) is 27.5. The molecule has 16 amide bonds. The van der Waals surface area contributed by atoms with Gasteiger partial charge in [-0.1, -0.05) is 190 Å². The molecule has 15 atom stereocenters. The Hall–Kier alpha value is -13.6. The van der Waals surface area contributed by atoms with Gasteiger partial charge in [0.05, 0.1) is 35.2 Å². The molecule has 0 bridgehead atoms. The molecule has 0 spiro atoms. The minimum atomic E-state index is -1.62. The minimum absolute atomic E-state index is 0.0124. The Morgan fingerprint density at radius 2 is 0.545 bits per heavy atom. The van der Waals surface area contributed by atoms with Gasteiger partial charge >= 0.3 is 0 Å². The molecule has 4 aromatic carbocycles. The predicted octanol–water partition coefficient (Wildman–Crippen LogP) is 2.46. The number of aliphatic hydroxyl groups is 5. The number of aromatic nitrogens is 4. The number of nitrogens with one attached hydrogen (secondary N) is 16. The van der Waals surface area contributed by atoms with E-state index in [-0.39, 0.29) is 87.5 Å². The van der Waals surface area contributed by atoms with Crippen LogP contribution in [0.5, 0.6) is 0 Å². The molecule has 41 nitrogen and oxygen atoms in total. The third-order valence-corrected chi connectivity index (χ3v) is 25.5. The van der Waals surface area contributed by atoms with Crippen LogP contribution in [-0.4, -0.2) is 243 Å². The van der Waals surface area contributed by atoms with E-state index >= 15 is 28.8 Å². The Bertz CT molecular complexity index is 5820. The first-order chi connectivity index (χ1) is 68.8. The number of nitrogens with zero attached hydrogens (tertiary/aromatic N) is 4. The molecule has 8 rings (SSSR count). The van der Waals surface area contributed by atoms with E-state index in [1.807, 2.05) is 20.8 Å². The number of carbonyl (C=O) groups excluding carboxylic acids is 16. The van der Waals surface area contributed by atoms with Crippen molar-refractivity contribution in [2.24, 2.45) is 47.3 Å². The Kier molecular flexibility index (Phi) is 44.6. The van der Waals surface area contributed by atoms with Crippen molar-refractivity contribution in [2.75, 3.05) is 19.7 Å². The van der Waals surface area contributed by atoms with Crippen LogP contribution in [0, 0.1) is 47.3 Å². The average Bonchev–Trinajstić information content (AvgIpc) is 1.66. The van der Waals surface area contributed by atoms with E-state index in [2.05, 4.69) is 85.1 Å². The van der Waals surface area contributed by atoms with Gasteiger partial charge in [-0.25, -0.2) is 0 Å². The molecule has 0 saturated carbocycles. The minimum Gasteiger partial charge on any atom is -0.395 e. The lowest BCUT2D eigenvalue weighted by molar-refractivity contribution is -0.137. The van der Waals surface area contributed by atoms with Crippen LogP contribution in [-0.2, 0) is 129 Å². The Morgan fingerprint density at radius 1 is 0.290 bits per heavy atom. The topological polar surface area (TPSA) is 586 Å². The number of hydrogen-bond donors (Lipinski definition) is 21. The van der Waals surface area contributed by atoms with Gasteiger partial charge in [0.15, 0.2) is 0 Å². The summed E-state index contributed by atoms with van der Waals surface area (Å²) >= 11 is 0. The SMILES string of the molecule is CC[C@H](C)[C@H](NC=O)C(=O)NCC(=O)N[C@@H](C)C(=O)N[C@H](CC(C)C)C(=O)N[C@@H](C)C(=O)N[C@@H](C(=O)N[C@H](C(=O)N[C@@H](C(=O)N[C@@H](Cc1cn(CO)c2ccccc12)C(=O)N[C@H](CC(C)C)C(=O)N[C@@H](Cc1cn(CO)c2ccccc12)C(=O)N[C@H](CC(C)C)C(=O)N[C@@H](Cc1cn(CO)c2ccccc12)C(=O)N[C@H](CC(C)C)C(=O)N[C@@H](Cc1cn(CO)c2ccccc12)C(=O)NCCO)C(C)C)C(C)C)C(C)C. The van der Waals surface area contributed by atoms with Crippen molar-refractivity contribution in [1.29, 1.82) is 0 Å². The second kappa shape index (κ2) is 55.4. The molecule has 0 radical (unpaired) electrons. The lowest BCUT2D eigenvalue weighted by atomic mass is 9.97. The van der Waals surface area contributed by atoms with Crippen LogP contribution in [0.25, 0.3) is 43.6 Å². The van der Waals surface area contributed by atoms with Crippen LogP contribution in [0.1, 0.15) is 179 Å². The fourth-order valence-electron chi connectivity index (χ4n) is 17.6. The highest BCUT2D eigenvalue weighted by atomic mass is 16.3. The van der Waals surface area contributed by atoms with Crippen molar-refractivity contribution in [1.82, 2.24) is 103 Å². The van der Waals surface area contributed by atoms with Gasteiger partial charge in [-0.05, 0) is 133 Å². The van der Waals surface area contributed by atoms with Gasteiger partial charge in [-0.3, -0.25) is 76.7 Å². The first kappa shape index (κ1) is 117. The quantitative estimate of drug-likeness (QED) is 0.0243. The van der Waals surface area contributed by atoms with Crippen LogP contribution in [0.3, 0.4) is 0 Å². The molecule has 145 heavy (non-hydrogen) atoms. The fourth-order valence-corrected chi connectivity index (χ4v) is 17.6. The summed E-state index contributed by atoms with van der Waals surface area (Å²) in [7, 11) is 0. The van der Waals surface area contributed by atoms with Crippen molar-refractivity contribution < 1.29 is 102 Å². The molecule has 792 valence electrons. The van der Waals surface area contributed by atoms with Crippen LogP contribution < -0.4 is 85.1 Å². The van der Waals surface area contributed by atoms with Crippen LogP contribution in [0.4, 0.5) is 0 Å². The summed E-state index contributed by atoms with van der Waals surface area (Å²) < 4.78 is 6.17. The number of rotatable bonds is 58. The second-order valence-corrected chi connectivity index (χ2v) is 40.0. The second-order valence-electron chi connectivity index (χ2n) is 40.0. The Morgan fingerprint density at radius 3 is 0.834 bits per heavy atom. The molecule has 4 heterocycles. The molecule has 4 aromatic heterocycles. The van der Waals surface area contributed by atoms with Crippen molar-refractivity contribution in [2.45, 2.75) is 294 Å². The zero-order valence-electron chi connectivity index (χ0n) is 86.2. The summed E-state index contributed by atoms with van der Waals surface area (Å²) in [5.41, 5.74) is 4.32. The van der Waals surface area contributed by atoms with Gasteiger partial charge < -0.3 is 129 Å². The van der Waals surface area contributed by atoms with E-state index in [0.29, 0.717) is 78.7 Å². The van der Waals surface area contributed by atoms with Crippen LogP contribution >= 0.6 is 0 Å². The standard InChI is InChI=1S/C104H150N20O21/c1-19-63(16)90(107-51-126)101(142)106-46-86(131)108-64(17)91(132)110-74(38-56(2)3)94(135)109-65(18)92(133)118-88(61(12)13)103(144)120-89(62(14)15)104(145)119-87(60(10)11)102(143)117-81(45-69-50-124(55-130)85-35-27-23-31-73(69)85)100(141)113-77(41-59(8)9)97(138)116-80(44-68-49-123(54-129)84-34-26-22-30-72(68)84)99(140)112-76(40-58(6)7)96(137)115-79(43-67-48-122(53-128)83-33-25-21-29-71(67)83)98(139)111-75(39-57(4)5)95(136)114-78(93(134)105-36-37-125)42-66-47-121(52-127)82-32-24-20-28-70(66)82/h20-35,47-51,56-65,74-81,87-90,125,127-130H,19,36-46,52-55H2,1-18H3,(H,105,134)(H,106,142)(H,107,126)(H,108,131)(H,109,135)(H,110,132)(H,111,139)(H,112,140)(H,113,141)(H,114,136)(H,115,137)(H,116,138)(H,117,143)(H,118,133)(H,119,145)(H,120,144)/t63-,64-,65-,74+,75+,76+,77+,78-,79-,80-,81-,87+,88+,89-,90-/m0/s1. The van der Waals surface area contributed by atoms with E-state index in [1.165, 1.54) is 23.0 Å². The number of aliphatic hydroxyl groups excluding tert-OH is 5. The Labute approximate surface area is 845 Å². The predicted molar refractivity (Wildman–Crippen MR) is 546 cm³/mol. The summed E-state index contributed by atoms with van der Waals surface area (Å²) in [4.78, 5) is 231. The lowest BCUT2D eigenvalue weighted by Crippen LogP contribution is -2.62. The summed E-state index contributed by atoms with van der Waals surface area (Å²) in [6, 6.07) is 8.84. The summed E-state index contributed by atoms with van der Waals surface area (Å²) in [5.74, 6) is -15.8. The van der Waals surface area contributed by atoms with Crippen LogP contribution in [0.2, 0.25) is 0 Å². The molecule has 21 N–H and O–H groups in total. The highest BCUT2D eigenvalue weighted by Crippen LogP contribution is 2.29. The highest BCUT2D eigenvalue weighted by molar-refractivity contribution is 6.02. The maximum absolute atomic E-state index is 15.8. The van der Waals surface area contributed by atoms with Crippen molar-refractivity contribution in [3.63, 3.8) is 0 Å². The number of amides is 16. The number of benzene rings is 4. The van der Waals surface area contributed by atoms with Crippen molar-refractivity contribution in [3.8, 4) is 0 Å². The van der Waals surface area contributed by atoms with Crippen molar-refractivity contribution in [3.05, 3.63) is 144 Å². The third-order valence-electron chi connectivity index (χ3n) is 25.5. The molecular formula is C104H150N20O21. The monoisotopic (exact) mass is 2020 g/mol. The molecule has 0 aliphatic heterocycles. The lowest BCUT2D eigenvalue weighted by Gasteiger charge is -2.31. The number of carbonyl (C=O) groups is 16. The molecule has 8 aromatic rings. The molecule has 0 unspecified atom stereocenters. The smallest absolute Gasteiger partial charge is 0.243 e. The van der Waals surface area contributed by atoms with E-state index < -0.39 is 231 Å². The first-order valence-corrected chi connectivity index (χ1v) is 49.8.